The third-order valence-corrected chi connectivity index (χ3v) is 4.89. The molecule has 2 rings (SSSR count). The monoisotopic (exact) mass is 339 g/mol. The topological polar surface area (TPSA) is 130 Å². The third kappa shape index (κ3) is 3.48. The van der Waals surface area contributed by atoms with Crippen LogP contribution in [0.15, 0.2) is 23.1 Å². The van der Waals surface area contributed by atoms with Crippen molar-refractivity contribution in [3.63, 3.8) is 0 Å². The number of hydrogen-bond acceptors (Lipinski definition) is 6. The van der Waals surface area contributed by atoms with Crippen molar-refractivity contribution in [3.05, 3.63) is 45.3 Å². The van der Waals surface area contributed by atoms with E-state index >= 15 is 0 Å². The Morgan fingerprint density at radius 2 is 2.04 bits per heavy atom. The Balaban J connectivity index is 2.34. The molecule has 0 bridgehead atoms. The van der Waals surface area contributed by atoms with Gasteiger partial charge in [0.25, 0.3) is 5.69 Å². The Morgan fingerprint density at radius 3 is 2.57 bits per heavy atom. The lowest BCUT2D eigenvalue weighted by Crippen LogP contribution is -2.18. The fourth-order valence-electron chi connectivity index (χ4n) is 2.12. The van der Waals surface area contributed by atoms with E-state index in [1.807, 2.05) is 13.8 Å². The summed E-state index contributed by atoms with van der Waals surface area (Å²) >= 11 is 0. The first-order valence-corrected chi connectivity index (χ1v) is 8.21. The van der Waals surface area contributed by atoms with Crippen LogP contribution in [0.5, 0.6) is 0 Å². The van der Waals surface area contributed by atoms with E-state index in [-0.39, 0.29) is 16.3 Å². The minimum Gasteiger partial charge on any atom is -0.375 e. The Labute approximate surface area is 133 Å². The van der Waals surface area contributed by atoms with Crippen molar-refractivity contribution in [2.75, 3.05) is 12.4 Å². The van der Waals surface area contributed by atoms with Crippen LogP contribution in [0, 0.1) is 24.0 Å². The lowest BCUT2D eigenvalue weighted by Gasteiger charge is -2.09. The number of rotatable bonds is 6. The summed E-state index contributed by atoms with van der Waals surface area (Å²) in [4.78, 5) is 10.4. The zero-order valence-electron chi connectivity index (χ0n) is 12.9. The molecule has 0 saturated heterocycles. The lowest BCUT2D eigenvalue weighted by atomic mass is 10.2. The zero-order chi connectivity index (χ0) is 17.2. The van der Waals surface area contributed by atoms with Crippen LogP contribution in [0.1, 0.15) is 17.0 Å². The predicted octanol–water partition coefficient (Wildman–Crippen LogP) is 1.45. The molecule has 0 aliphatic heterocycles. The van der Waals surface area contributed by atoms with E-state index in [1.165, 1.54) is 19.2 Å². The Bertz CT molecular complexity index is 825. The maximum Gasteiger partial charge on any atom is 0.293 e. The summed E-state index contributed by atoms with van der Waals surface area (Å²) < 4.78 is 25.6. The SMILES string of the molecule is CNS(=O)(=O)c1ccc(NCc2c(C)n[nH]c2C)c([N+](=O)[O-])c1. The van der Waals surface area contributed by atoms with Gasteiger partial charge in [0.2, 0.25) is 10.0 Å². The molecule has 2 aromatic rings. The molecular formula is C13H17N5O4S. The average molecular weight is 339 g/mol. The second-order valence-electron chi connectivity index (χ2n) is 4.91. The first-order chi connectivity index (χ1) is 10.8. The fraction of sp³-hybridized carbons (Fsp3) is 0.308. The van der Waals surface area contributed by atoms with Crippen LogP contribution in [0.4, 0.5) is 11.4 Å². The molecule has 0 aliphatic carbocycles. The van der Waals surface area contributed by atoms with Gasteiger partial charge in [0, 0.05) is 23.9 Å². The highest BCUT2D eigenvalue weighted by atomic mass is 32.2. The third-order valence-electron chi connectivity index (χ3n) is 3.48. The first-order valence-electron chi connectivity index (χ1n) is 6.72. The highest BCUT2D eigenvalue weighted by Gasteiger charge is 2.20. The van der Waals surface area contributed by atoms with E-state index in [9.17, 15) is 18.5 Å². The van der Waals surface area contributed by atoms with Gasteiger partial charge >= 0.3 is 0 Å². The van der Waals surface area contributed by atoms with Gasteiger partial charge in [-0.15, -0.1) is 0 Å². The van der Waals surface area contributed by atoms with Crippen molar-refractivity contribution in [2.45, 2.75) is 25.3 Å². The highest BCUT2D eigenvalue weighted by Crippen LogP contribution is 2.28. The van der Waals surface area contributed by atoms with Crippen molar-refractivity contribution in [3.8, 4) is 0 Å². The number of nitro groups is 1. The molecule has 124 valence electrons. The number of aryl methyl sites for hydroxylation is 2. The number of sulfonamides is 1. The van der Waals surface area contributed by atoms with Crippen LogP contribution >= 0.6 is 0 Å². The quantitative estimate of drug-likeness (QED) is 0.539. The molecule has 0 spiro atoms. The highest BCUT2D eigenvalue weighted by molar-refractivity contribution is 7.89. The molecule has 1 aromatic heterocycles. The van der Waals surface area contributed by atoms with E-state index < -0.39 is 14.9 Å². The second kappa shape index (κ2) is 6.34. The van der Waals surface area contributed by atoms with Gasteiger partial charge in [0.15, 0.2) is 0 Å². The molecule has 1 aromatic carbocycles. The molecule has 0 saturated carbocycles. The first kappa shape index (κ1) is 16.9. The maximum atomic E-state index is 11.8. The molecule has 1 heterocycles. The minimum atomic E-state index is -3.74. The summed E-state index contributed by atoms with van der Waals surface area (Å²) in [6, 6.07) is 3.73. The van der Waals surface area contributed by atoms with Crippen molar-refractivity contribution in [2.24, 2.45) is 0 Å². The van der Waals surface area contributed by atoms with E-state index in [0.717, 1.165) is 23.0 Å². The van der Waals surface area contributed by atoms with Gasteiger partial charge in [-0.25, -0.2) is 13.1 Å². The van der Waals surface area contributed by atoms with Gasteiger partial charge in [-0.1, -0.05) is 0 Å². The normalized spacial score (nSPS) is 11.4. The Morgan fingerprint density at radius 1 is 1.35 bits per heavy atom. The summed E-state index contributed by atoms with van der Waals surface area (Å²) in [5.41, 5.74) is 2.51. The Hall–Kier alpha value is -2.46. The van der Waals surface area contributed by atoms with Crippen molar-refractivity contribution in [1.82, 2.24) is 14.9 Å². The molecule has 0 unspecified atom stereocenters. The van der Waals surface area contributed by atoms with Crippen LogP contribution in [-0.4, -0.2) is 30.6 Å². The molecule has 0 aliphatic rings. The zero-order valence-corrected chi connectivity index (χ0v) is 13.7. The standard InChI is InChI=1S/C13H17N5O4S/c1-8-11(9(2)17-16-8)7-15-12-5-4-10(23(21,22)14-3)6-13(12)18(19)20/h4-6,14-15H,7H2,1-3H3,(H,16,17). The molecule has 0 radical (unpaired) electrons. The summed E-state index contributed by atoms with van der Waals surface area (Å²) in [7, 11) is -2.49. The van der Waals surface area contributed by atoms with Gasteiger partial charge in [-0.3, -0.25) is 15.2 Å². The number of anilines is 1. The van der Waals surface area contributed by atoms with Gasteiger partial charge in [-0.05, 0) is 33.0 Å². The van der Waals surface area contributed by atoms with Gasteiger partial charge in [0.05, 0.1) is 15.5 Å². The summed E-state index contributed by atoms with van der Waals surface area (Å²) in [5, 5.41) is 21.1. The molecule has 23 heavy (non-hydrogen) atoms. The number of nitrogens with one attached hydrogen (secondary N) is 3. The van der Waals surface area contributed by atoms with E-state index in [4.69, 9.17) is 0 Å². The van der Waals surface area contributed by atoms with Gasteiger partial charge in [0.1, 0.15) is 5.69 Å². The van der Waals surface area contributed by atoms with Crippen LogP contribution in [-0.2, 0) is 16.6 Å². The average Bonchev–Trinajstić information content (AvgIpc) is 2.83. The fourth-order valence-corrected chi connectivity index (χ4v) is 2.86. The van der Waals surface area contributed by atoms with E-state index in [1.54, 1.807) is 0 Å². The van der Waals surface area contributed by atoms with Gasteiger partial charge < -0.3 is 5.32 Å². The van der Waals surface area contributed by atoms with Crippen LogP contribution in [0.25, 0.3) is 0 Å². The Kier molecular flexibility index (Phi) is 4.66. The number of H-pyrrole nitrogens is 1. The number of aromatic amines is 1. The minimum absolute atomic E-state index is 0.159. The maximum absolute atomic E-state index is 11.8. The predicted molar refractivity (Wildman–Crippen MR) is 84.7 cm³/mol. The number of aromatic nitrogens is 2. The smallest absolute Gasteiger partial charge is 0.293 e. The van der Waals surface area contributed by atoms with Crippen molar-refractivity contribution < 1.29 is 13.3 Å². The van der Waals surface area contributed by atoms with Gasteiger partial charge in [-0.2, -0.15) is 5.10 Å². The molecule has 0 amide bonds. The summed E-state index contributed by atoms with van der Waals surface area (Å²) in [5.74, 6) is 0. The number of nitrogens with zero attached hydrogens (tertiary/aromatic N) is 2. The molecular weight excluding hydrogens is 322 g/mol. The second-order valence-corrected chi connectivity index (χ2v) is 6.80. The van der Waals surface area contributed by atoms with Crippen LogP contribution < -0.4 is 10.0 Å². The molecule has 3 N–H and O–H groups in total. The van der Waals surface area contributed by atoms with Crippen LogP contribution in [0.3, 0.4) is 0 Å². The van der Waals surface area contributed by atoms with E-state index in [2.05, 4.69) is 20.2 Å². The summed E-state index contributed by atoms with van der Waals surface area (Å²) in [6.07, 6.45) is 0. The lowest BCUT2D eigenvalue weighted by molar-refractivity contribution is -0.384. The van der Waals surface area contributed by atoms with Crippen molar-refractivity contribution in [1.29, 1.82) is 0 Å². The number of benzene rings is 1. The summed E-state index contributed by atoms with van der Waals surface area (Å²) in [6.45, 7) is 4.03. The molecule has 10 heteroatoms. The van der Waals surface area contributed by atoms with Crippen molar-refractivity contribution >= 4 is 21.4 Å². The van der Waals surface area contributed by atoms with Crippen LogP contribution in [0.2, 0.25) is 0 Å². The van der Waals surface area contributed by atoms with E-state index in [0.29, 0.717) is 6.54 Å². The number of hydrogen-bond donors (Lipinski definition) is 3. The largest absolute Gasteiger partial charge is 0.375 e. The number of nitro benzene ring substituents is 1. The molecule has 9 nitrogen and oxygen atoms in total. The molecule has 0 fully saturated rings. The molecule has 0 atom stereocenters.